The molecule has 134 valence electrons. The van der Waals surface area contributed by atoms with Crippen molar-refractivity contribution in [3.63, 3.8) is 0 Å². The third-order valence-electron chi connectivity index (χ3n) is 4.49. The van der Waals surface area contributed by atoms with Crippen LogP contribution in [0.3, 0.4) is 0 Å². The fourth-order valence-electron chi connectivity index (χ4n) is 2.71. The van der Waals surface area contributed by atoms with Crippen molar-refractivity contribution in [2.75, 3.05) is 18.4 Å². The van der Waals surface area contributed by atoms with E-state index in [2.05, 4.69) is 36.2 Å². The number of anilines is 1. The zero-order valence-electron chi connectivity index (χ0n) is 15.2. The molecule has 1 fully saturated rings. The minimum absolute atomic E-state index is 0.154. The third-order valence-corrected chi connectivity index (χ3v) is 4.49. The summed E-state index contributed by atoms with van der Waals surface area (Å²) < 4.78 is 1.64. The molecule has 0 bridgehead atoms. The molecule has 0 aliphatic carbocycles. The van der Waals surface area contributed by atoms with Gasteiger partial charge in [0, 0.05) is 17.7 Å². The van der Waals surface area contributed by atoms with Crippen LogP contribution in [0.1, 0.15) is 39.8 Å². The number of nitrogens with zero attached hydrogens (tertiary/aromatic N) is 4. The predicted molar refractivity (Wildman–Crippen MR) is 95.9 cm³/mol. The molecule has 0 atom stereocenters. The number of aromatic nitrogens is 3. The van der Waals surface area contributed by atoms with Crippen molar-refractivity contribution in [1.29, 1.82) is 0 Å². The number of urea groups is 1. The minimum atomic E-state index is -0.755. The Labute approximate surface area is 147 Å². The van der Waals surface area contributed by atoms with Gasteiger partial charge in [-0.1, -0.05) is 33.8 Å². The van der Waals surface area contributed by atoms with E-state index in [1.54, 1.807) is 15.8 Å². The van der Waals surface area contributed by atoms with Crippen molar-refractivity contribution in [2.24, 2.45) is 0 Å². The summed E-state index contributed by atoms with van der Waals surface area (Å²) in [6.07, 6.45) is 2.33. The topological polar surface area (TPSA) is 83.3 Å². The normalized spacial score (nSPS) is 16.4. The number of hydrogen-bond acceptors (Lipinski definition) is 4. The van der Waals surface area contributed by atoms with E-state index in [-0.39, 0.29) is 11.4 Å². The molecule has 2 aromatic rings. The Bertz CT molecular complexity index is 758. The molecule has 1 aliphatic rings. The van der Waals surface area contributed by atoms with E-state index >= 15 is 0 Å². The van der Waals surface area contributed by atoms with Gasteiger partial charge in [-0.2, -0.15) is 9.78 Å². The molecule has 0 unspecified atom stereocenters. The second-order valence-electron chi connectivity index (χ2n) is 7.63. The lowest BCUT2D eigenvalue weighted by molar-refractivity contribution is -0.0755. The minimum Gasteiger partial charge on any atom is -0.386 e. The van der Waals surface area contributed by atoms with E-state index < -0.39 is 5.60 Å². The molecule has 25 heavy (non-hydrogen) atoms. The van der Waals surface area contributed by atoms with E-state index in [1.165, 1.54) is 0 Å². The molecular weight excluding hydrogens is 318 g/mol. The van der Waals surface area contributed by atoms with Gasteiger partial charge in [0.2, 0.25) is 0 Å². The summed E-state index contributed by atoms with van der Waals surface area (Å²) in [6.45, 7) is 8.82. The number of hydrogen-bond donors (Lipinski definition) is 2. The lowest BCUT2D eigenvalue weighted by Crippen LogP contribution is -2.64. The lowest BCUT2D eigenvalue weighted by Gasteiger charge is -2.45. The highest BCUT2D eigenvalue weighted by atomic mass is 16.3. The van der Waals surface area contributed by atoms with E-state index in [4.69, 9.17) is 0 Å². The van der Waals surface area contributed by atoms with Crippen molar-refractivity contribution < 1.29 is 9.90 Å². The number of likely N-dealkylation sites (tertiary alicyclic amines) is 1. The number of pyridine rings is 1. The molecule has 1 saturated heterocycles. The van der Waals surface area contributed by atoms with Crippen LogP contribution in [0, 0.1) is 0 Å². The van der Waals surface area contributed by atoms with Crippen molar-refractivity contribution in [3.05, 3.63) is 36.2 Å². The summed E-state index contributed by atoms with van der Waals surface area (Å²) in [5.41, 5.74) is -0.0458. The van der Waals surface area contributed by atoms with Crippen LogP contribution in [0.5, 0.6) is 0 Å². The van der Waals surface area contributed by atoms with Gasteiger partial charge in [-0.05, 0) is 18.6 Å². The Morgan fingerprint density at radius 3 is 2.64 bits per heavy atom. The van der Waals surface area contributed by atoms with Gasteiger partial charge < -0.3 is 10.0 Å². The van der Waals surface area contributed by atoms with Gasteiger partial charge in [0.1, 0.15) is 5.82 Å². The first-order valence-corrected chi connectivity index (χ1v) is 8.52. The monoisotopic (exact) mass is 343 g/mol. The first-order valence-electron chi connectivity index (χ1n) is 8.52. The molecule has 2 aromatic heterocycles. The molecule has 7 nitrogen and oxygen atoms in total. The largest absolute Gasteiger partial charge is 0.386 e. The Balaban J connectivity index is 1.85. The Morgan fingerprint density at radius 1 is 1.36 bits per heavy atom. The molecule has 0 radical (unpaired) electrons. The van der Waals surface area contributed by atoms with Crippen LogP contribution in [0.2, 0.25) is 0 Å². The summed E-state index contributed by atoms with van der Waals surface area (Å²) in [7, 11) is 0. The van der Waals surface area contributed by atoms with Crippen LogP contribution >= 0.6 is 0 Å². The van der Waals surface area contributed by atoms with Crippen molar-refractivity contribution >= 4 is 11.8 Å². The van der Waals surface area contributed by atoms with E-state index in [0.29, 0.717) is 31.1 Å². The fraction of sp³-hybridized carbons (Fsp3) is 0.500. The number of nitrogens with one attached hydrogen (secondary N) is 1. The summed E-state index contributed by atoms with van der Waals surface area (Å²) in [6, 6.07) is 7.19. The average Bonchev–Trinajstić information content (AvgIpc) is 2.96. The van der Waals surface area contributed by atoms with Crippen LogP contribution in [-0.4, -0.2) is 49.5 Å². The second-order valence-corrected chi connectivity index (χ2v) is 7.63. The van der Waals surface area contributed by atoms with Gasteiger partial charge in [-0.25, -0.2) is 9.78 Å². The number of amides is 2. The number of carbonyl (C=O) groups excluding carboxylic acids is 1. The number of β-amino-alcohol motifs (C(OH)–C–C–N with tert-alkyl or cyclic N) is 1. The second kappa shape index (κ2) is 6.15. The Morgan fingerprint density at radius 2 is 2.08 bits per heavy atom. The number of rotatable bonds is 3. The molecular formula is C18H25N5O2. The SMILES string of the molecule is CCC1(O)CN(C(=O)Nc2cc(C(C)(C)C)nn2-c2ccccn2)C1. The molecule has 3 rings (SSSR count). The van der Waals surface area contributed by atoms with Gasteiger partial charge in [0.25, 0.3) is 0 Å². The third kappa shape index (κ3) is 3.51. The molecule has 0 spiro atoms. The molecule has 3 heterocycles. The van der Waals surface area contributed by atoms with Gasteiger partial charge in [0.05, 0.1) is 24.4 Å². The molecule has 0 saturated carbocycles. The molecule has 0 aromatic carbocycles. The summed E-state index contributed by atoms with van der Waals surface area (Å²) in [4.78, 5) is 18.4. The number of aliphatic hydroxyl groups is 1. The van der Waals surface area contributed by atoms with Crippen molar-refractivity contribution in [1.82, 2.24) is 19.7 Å². The van der Waals surface area contributed by atoms with E-state index in [9.17, 15) is 9.90 Å². The predicted octanol–water partition coefficient (Wildman–Crippen LogP) is 2.55. The van der Waals surface area contributed by atoms with Gasteiger partial charge in [-0.15, -0.1) is 0 Å². The quantitative estimate of drug-likeness (QED) is 0.897. The zero-order chi connectivity index (χ0) is 18.2. The summed E-state index contributed by atoms with van der Waals surface area (Å²) >= 11 is 0. The maximum Gasteiger partial charge on any atom is 0.323 e. The van der Waals surface area contributed by atoms with Crippen LogP contribution in [0.15, 0.2) is 30.5 Å². The lowest BCUT2D eigenvalue weighted by atomic mass is 9.92. The molecule has 7 heteroatoms. The van der Waals surface area contributed by atoms with Crippen LogP contribution in [0.25, 0.3) is 5.82 Å². The first kappa shape index (κ1) is 17.4. The first-order chi connectivity index (χ1) is 11.7. The molecule has 2 N–H and O–H groups in total. The molecule has 1 aliphatic heterocycles. The summed E-state index contributed by atoms with van der Waals surface area (Å²) in [5.74, 6) is 1.21. The highest BCUT2D eigenvalue weighted by Gasteiger charge is 2.42. The van der Waals surface area contributed by atoms with Crippen molar-refractivity contribution in [2.45, 2.75) is 45.1 Å². The summed E-state index contributed by atoms with van der Waals surface area (Å²) in [5, 5.41) is 17.6. The zero-order valence-corrected chi connectivity index (χ0v) is 15.2. The number of carbonyl (C=O) groups is 1. The molecule has 2 amide bonds. The van der Waals surface area contributed by atoms with Gasteiger partial charge in [0.15, 0.2) is 5.82 Å². The Hall–Kier alpha value is -2.41. The fourth-order valence-corrected chi connectivity index (χ4v) is 2.71. The Kier molecular flexibility index (Phi) is 4.28. The van der Waals surface area contributed by atoms with Crippen LogP contribution in [-0.2, 0) is 5.41 Å². The van der Waals surface area contributed by atoms with Crippen LogP contribution < -0.4 is 5.32 Å². The van der Waals surface area contributed by atoms with E-state index in [1.807, 2.05) is 31.2 Å². The van der Waals surface area contributed by atoms with Crippen LogP contribution in [0.4, 0.5) is 10.6 Å². The smallest absolute Gasteiger partial charge is 0.323 e. The van der Waals surface area contributed by atoms with E-state index in [0.717, 1.165) is 5.69 Å². The maximum absolute atomic E-state index is 12.5. The maximum atomic E-state index is 12.5. The van der Waals surface area contributed by atoms with Gasteiger partial charge >= 0.3 is 6.03 Å². The highest BCUT2D eigenvalue weighted by Crippen LogP contribution is 2.28. The standard InChI is InChI=1S/C18H25N5O2/c1-5-18(25)11-22(12-18)16(24)20-15-10-13(17(2,3)4)21-23(15)14-8-6-7-9-19-14/h6-10,25H,5,11-12H2,1-4H3,(H,20,24). The van der Waals surface area contributed by atoms with Crippen molar-refractivity contribution in [3.8, 4) is 5.82 Å². The average molecular weight is 343 g/mol. The highest BCUT2D eigenvalue weighted by molar-refractivity contribution is 5.89. The van der Waals surface area contributed by atoms with Gasteiger partial charge in [-0.3, -0.25) is 5.32 Å².